The van der Waals surface area contributed by atoms with Gasteiger partial charge >= 0.3 is 0 Å². The van der Waals surface area contributed by atoms with Crippen LogP contribution in [0.15, 0.2) is 66.8 Å². The van der Waals surface area contributed by atoms with Crippen LogP contribution in [-0.2, 0) is 16.6 Å². The molecule has 3 atom stereocenters. The molecular formula is C32H30ClN3O4S. The third-order valence-corrected chi connectivity index (χ3v) is 10.0. The van der Waals surface area contributed by atoms with E-state index >= 15 is 0 Å². The van der Waals surface area contributed by atoms with E-state index in [1.54, 1.807) is 47.3 Å². The first-order chi connectivity index (χ1) is 19.6. The van der Waals surface area contributed by atoms with Crippen molar-refractivity contribution >= 4 is 50.7 Å². The Kier molecular flexibility index (Phi) is 6.58. The van der Waals surface area contributed by atoms with E-state index in [0.29, 0.717) is 35.3 Å². The van der Waals surface area contributed by atoms with Gasteiger partial charge in [-0.15, -0.1) is 11.3 Å². The molecule has 0 radical (unpaired) electrons. The monoisotopic (exact) mass is 587 g/mol. The Morgan fingerprint density at radius 1 is 1.24 bits per heavy atom. The summed E-state index contributed by atoms with van der Waals surface area (Å²) in [6.07, 6.45) is 4.16. The van der Waals surface area contributed by atoms with Crippen LogP contribution >= 0.6 is 22.9 Å². The Balaban J connectivity index is 1.44. The number of rotatable bonds is 6. The number of carbonyl (C=O) groups excluding carboxylic acids is 2. The molecule has 0 saturated carbocycles. The number of phenols is 1. The van der Waals surface area contributed by atoms with Crippen LogP contribution in [-0.4, -0.2) is 33.3 Å². The third-order valence-electron chi connectivity index (χ3n) is 8.50. The number of amides is 2. The highest BCUT2D eigenvalue weighted by Crippen LogP contribution is 2.57. The Hall–Kier alpha value is -3.88. The standard InChI is InChI=1S/C32H30ClN3O4S/c1-6-18-8-11-22-30(38)36(31(39)32(22,4)28(18)19-9-12-24(37)25(14-19)40-7-2)27-16-23(34-35(27)5)29-17(3)21-15-20(33)10-13-26(21)41-29/h6,8-10,12-16,22,28,37H,1,7,11H2,2-5H3/t22-,28+,32+/m0/s1. The van der Waals surface area contributed by atoms with Crippen molar-refractivity contribution in [2.75, 3.05) is 11.5 Å². The largest absolute Gasteiger partial charge is 0.504 e. The van der Waals surface area contributed by atoms with Gasteiger partial charge < -0.3 is 9.84 Å². The molecule has 210 valence electrons. The number of fused-ring (bicyclic) bond motifs is 2. The highest BCUT2D eigenvalue weighted by Gasteiger charge is 2.62. The number of imide groups is 1. The minimum absolute atomic E-state index is 0.0221. The minimum atomic E-state index is -1.08. The van der Waals surface area contributed by atoms with E-state index in [-0.39, 0.29) is 17.6 Å². The van der Waals surface area contributed by atoms with Gasteiger partial charge in [-0.2, -0.15) is 5.10 Å². The summed E-state index contributed by atoms with van der Waals surface area (Å²) in [5.41, 5.74) is 2.31. The zero-order chi connectivity index (χ0) is 29.2. The third kappa shape index (κ3) is 4.03. The predicted molar refractivity (Wildman–Crippen MR) is 163 cm³/mol. The second-order valence-electron chi connectivity index (χ2n) is 10.8. The normalized spacial score (nSPS) is 22.3. The lowest BCUT2D eigenvalue weighted by Gasteiger charge is -2.40. The van der Waals surface area contributed by atoms with Crippen LogP contribution < -0.4 is 9.64 Å². The van der Waals surface area contributed by atoms with E-state index in [0.717, 1.165) is 31.7 Å². The van der Waals surface area contributed by atoms with Gasteiger partial charge in [0.05, 0.1) is 22.8 Å². The first kappa shape index (κ1) is 27.3. The fourth-order valence-electron chi connectivity index (χ4n) is 6.44. The Morgan fingerprint density at radius 2 is 2.02 bits per heavy atom. The topological polar surface area (TPSA) is 84.7 Å². The fourth-order valence-corrected chi connectivity index (χ4v) is 7.76. The smallest absolute Gasteiger partial charge is 0.242 e. The molecule has 6 rings (SSSR count). The number of ether oxygens (including phenoxy) is 1. The molecule has 2 aromatic carbocycles. The van der Waals surface area contributed by atoms with E-state index in [9.17, 15) is 14.7 Å². The lowest BCUT2D eigenvalue weighted by atomic mass is 9.60. The summed E-state index contributed by atoms with van der Waals surface area (Å²) >= 11 is 7.85. The number of allylic oxidation sites excluding steroid dienone is 3. The van der Waals surface area contributed by atoms with Gasteiger partial charge in [-0.05, 0) is 79.6 Å². The molecule has 7 nitrogen and oxygen atoms in total. The average molecular weight is 588 g/mol. The summed E-state index contributed by atoms with van der Waals surface area (Å²) in [5, 5.41) is 16.8. The summed E-state index contributed by atoms with van der Waals surface area (Å²) in [4.78, 5) is 30.7. The SMILES string of the molecule is C=CC1=CC[C@H]2C(=O)N(c3cc(-c4sc5ccc(Cl)cc5c4C)nn3C)C(=O)[C@@]2(C)[C@H]1c1ccc(O)c(OCC)c1. The number of aryl methyl sites for hydroxylation is 2. The number of nitrogens with zero attached hydrogens (tertiary/aromatic N) is 3. The van der Waals surface area contributed by atoms with Crippen molar-refractivity contribution in [2.24, 2.45) is 18.4 Å². The molecule has 0 unspecified atom stereocenters. The first-order valence-electron chi connectivity index (χ1n) is 13.5. The van der Waals surface area contributed by atoms with Crippen LogP contribution in [0.5, 0.6) is 11.5 Å². The van der Waals surface area contributed by atoms with Gasteiger partial charge in [0.1, 0.15) is 11.5 Å². The summed E-state index contributed by atoms with van der Waals surface area (Å²) < 4.78 is 8.34. The van der Waals surface area contributed by atoms with Crippen molar-refractivity contribution in [3.63, 3.8) is 0 Å². The molecule has 1 fully saturated rings. The summed E-state index contributed by atoms with van der Waals surface area (Å²) in [6.45, 7) is 10.1. The maximum Gasteiger partial charge on any atom is 0.242 e. The molecule has 1 saturated heterocycles. The molecule has 1 N–H and O–H groups in total. The number of carbonyl (C=O) groups is 2. The second kappa shape index (κ2) is 9.89. The van der Waals surface area contributed by atoms with Gasteiger partial charge in [-0.25, -0.2) is 4.90 Å². The van der Waals surface area contributed by atoms with Gasteiger partial charge in [-0.1, -0.05) is 36.4 Å². The van der Waals surface area contributed by atoms with Crippen LogP contribution in [0.25, 0.3) is 20.7 Å². The molecular weight excluding hydrogens is 558 g/mol. The van der Waals surface area contributed by atoms with Crippen molar-refractivity contribution in [3.05, 3.63) is 82.9 Å². The number of thiophene rings is 1. The maximum atomic E-state index is 14.4. The molecule has 0 spiro atoms. The van der Waals surface area contributed by atoms with E-state index in [1.165, 1.54) is 4.90 Å². The Labute approximate surface area is 247 Å². The Morgan fingerprint density at radius 3 is 2.76 bits per heavy atom. The lowest BCUT2D eigenvalue weighted by Crippen LogP contribution is -2.41. The lowest BCUT2D eigenvalue weighted by molar-refractivity contribution is -0.127. The molecule has 2 aromatic heterocycles. The van der Waals surface area contributed by atoms with Gasteiger partial charge in [0, 0.05) is 28.8 Å². The van der Waals surface area contributed by atoms with Crippen molar-refractivity contribution in [1.29, 1.82) is 0 Å². The number of hydrogen-bond acceptors (Lipinski definition) is 6. The number of hydrogen-bond donors (Lipinski definition) is 1. The summed E-state index contributed by atoms with van der Waals surface area (Å²) in [5.74, 6) is -0.773. The zero-order valence-electron chi connectivity index (χ0n) is 23.3. The van der Waals surface area contributed by atoms with Crippen LogP contribution in [0.2, 0.25) is 5.02 Å². The summed E-state index contributed by atoms with van der Waals surface area (Å²) in [7, 11) is 1.75. The molecule has 41 heavy (non-hydrogen) atoms. The highest BCUT2D eigenvalue weighted by molar-refractivity contribution is 7.22. The van der Waals surface area contributed by atoms with Crippen molar-refractivity contribution in [1.82, 2.24) is 9.78 Å². The van der Waals surface area contributed by atoms with Crippen molar-refractivity contribution in [2.45, 2.75) is 33.1 Å². The number of halogens is 1. The molecule has 1 aliphatic carbocycles. The van der Waals surface area contributed by atoms with E-state index in [2.05, 4.69) is 6.58 Å². The van der Waals surface area contributed by atoms with Crippen molar-refractivity contribution in [3.8, 4) is 22.1 Å². The maximum absolute atomic E-state index is 14.4. The molecule has 9 heteroatoms. The zero-order valence-corrected chi connectivity index (χ0v) is 24.8. The van der Waals surface area contributed by atoms with Crippen LogP contribution in [0.3, 0.4) is 0 Å². The second-order valence-corrected chi connectivity index (χ2v) is 12.2. The Bertz CT molecular complexity index is 1790. The van der Waals surface area contributed by atoms with E-state index in [1.807, 2.05) is 51.1 Å². The number of benzene rings is 2. The van der Waals surface area contributed by atoms with Gasteiger partial charge in [-0.3, -0.25) is 14.3 Å². The summed E-state index contributed by atoms with van der Waals surface area (Å²) in [6, 6.07) is 12.7. The van der Waals surface area contributed by atoms with E-state index in [4.69, 9.17) is 21.4 Å². The van der Waals surface area contributed by atoms with Gasteiger partial charge in [0.15, 0.2) is 11.5 Å². The van der Waals surface area contributed by atoms with Crippen molar-refractivity contribution < 1.29 is 19.4 Å². The van der Waals surface area contributed by atoms with Gasteiger partial charge in [0.2, 0.25) is 11.8 Å². The van der Waals surface area contributed by atoms with E-state index < -0.39 is 17.3 Å². The van der Waals surface area contributed by atoms with Crippen LogP contribution in [0.4, 0.5) is 5.82 Å². The number of anilines is 1. The number of phenolic OH excluding ortho intramolecular Hbond substituents is 1. The molecule has 2 aliphatic rings. The average Bonchev–Trinajstić information content (AvgIpc) is 3.54. The van der Waals surface area contributed by atoms with Gasteiger partial charge in [0.25, 0.3) is 0 Å². The minimum Gasteiger partial charge on any atom is -0.504 e. The predicted octanol–water partition coefficient (Wildman–Crippen LogP) is 7.16. The molecule has 3 heterocycles. The first-order valence-corrected chi connectivity index (χ1v) is 14.7. The number of aromatic nitrogens is 2. The molecule has 1 aliphatic heterocycles. The molecule has 4 aromatic rings. The number of aromatic hydroxyl groups is 1. The van der Waals surface area contributed by atoms with Crippen LogP contribution in [0.1, 0.15) is 37.3 Å². The quantitative estimate of drug-likeness (QED) is 0.242. The molecule has 0 bridgehead atoms. The van der Waals surface area contributed by atoms with Crippen LogP contribution in [0, 0.1) is 18.3 Å². The molecule has 2 amide bonds. The fraction of sp³-hybridized carbons (Fsp3) is 0.281. The highest BCUT2D eigenvalue weighted by atomic mass is 35.5.